The molecule has 1 aromatic carbocycles. The van der Waals surface area contributed by atoms with E-state index in [4.69, 9.17) is 9.47 Å². The molecule has 13 heteroatoms. The molecular formula is C28H36F3N5O5. The zero-order valence-electron chi connectivity index (χ0n) is 23.0. The van der Waals surface area contributed by atoms with Crippen molar-refractivity contribution in [1.29, 1.82) is 0 Å². The Morgan fingerprint density at radius 3 is 2.76 bits per heavy atom. The second-order valence-corrected chi connectivity index (χ2v) is 10.9. The van der Waals surface area contributed by atoms with E-state index in [2.05, 4.69) is 14.9 Å². The minimum atomic E-state index is -4.66. The number of ether oxygens (including phenoxy) is 2. The lowest BCUT2D eigenvalue weighted by Gasteiger charge is -2.42. The highest BCUT2D eigenvalue weighted by Crippen LogP contribution is 2.40. The number of hydrogen-bond acceptors (Lipinski definition) is 7. The molecule has 224 valence electrons. The molecule has 0 bridgehead atoms. The van der Waals surface area contributed by atoms with E-state index in [1.807, 2.05) is 18.0 Å². The first-order valence-electron chi connectivity index (χ1n) is 14.1. The van der Waals surface area contributed by atoms with Crippen molar-refractivity contribution in [2.75, 3.05) is 51.3 Å². The molecule has 1 amide bonds. The van der Waals surface area contributed by atoms with Crippen LogP contribution in [0.2, 0.25) is 0 Å². The predicted molar refractivity (Wildman–Crippen MR) is 143 cm³/mol. The number of imidazole rings is 1. The number of aryl methyl sites for hydroxylation is 1. The molecule has 0 aliphatic carbocycles. The fourth-order valence-electron chi connectivity index (χ4n) is 6.09. The number of carboxylic acid groups (broad SMARTS) is 1. The lowest BCUT2D eigenvalue weighted by atomic mass is 9.90. The zero-order chi connectivity index (χ0) is 29.1. The Morgan fingerprint density at radius 1 is 1.27 bits per heavy atom. The van der Waals surface area contributed by atoms with Gasteiger partial charge in [0.25, 0.3) is 0 Å². The molecule has 3 aliphatic rings. The van der Waals surface area contributed by atoms with Gasteiger partial charge in [0.15, 0.2) is 0 Å². The van der Waals surface area contributed by atoms with Crippen molar-refractivity contribution >= 4 is 17.8 Å². The number of nitrogens with one attached hydrogen (secondary N) is 1. The lowest BCUT2D eigenvalue weighted by molar-refractivity contribution is -0.172. The van der Waals surface area contributed by atoms with Crippen LogP contribution in [0.5, 0.6) is 5.75 Å². The van der Waals surface area contributed by atoms with Gasteiger partial charge in [-0.1, -0.05) is 6.07 Å². The van der Waals surface area contributed by atoms with Gasteiger partial charge in [-0.05, 0) is 43.0 Å². The van der Waals surface area contributed by atoms with E-state index in [-0.39, 0.29) is 6.42 Å². The highest BCUT2D eigenvalue weighted by atomic mass is 19.4. The summed E-state index contributed by atoms with van der Waals surface area (Å²) in [6.45, 7) is 4.35. The number of carbonyl (C=O) groups is 2. The van der Waals surface area contributed by atoms with Gasteiger partial charge in [0.1, 0.15) is 12.3 Å². The molecule has 3 atom stereocenters. The number of benzene rings is 1. The van der Waals surface area contributed by atoms with Gasteiger partial charge in [-0.15, -0.1) is 0 Å². The van der Waals surface area contributed by atoms with Crippen molar-refractivity contribution in [2.45, 2.75) is 57.4 Å². The second kappa shape index (κ2) is 12.3. The van der Waals surface area contributed by atoms with Gasteiger partial charge in [0.2, 0.25) is 11.9 Å². The number of carboxylic acids is 1. The van der Waals surface area contributed by atoms with E-state index >= 15 is 0 Å². The Morgan fingerprint density at radius 2 is 2.05 bits per heavy atom. The number of alkyl halides is 3. The van der Waals surface area contributed by atoms with Crippen LogP contribution in [-0.2, 0) is 33.7 Å². The van der Waals surface area contributed by atoms with Crippen LogP contribution in [0.4, 0.5) is 19.1 Å². The highest BCUT2D eigenvalue weighted by Gasteiger charge is 2.45. The molecule has 41 heavy (non-hydrogen) atoms. The fourth-order valence-corrected chi connectivity index (χ4v) is 6.09. The third kappa shape index (κ3) is 6.95. The topological polar surface area (TPSA) is 109 Å². The van der Waals surface area contributed by atoms with Crippen LogP contribution in [0.1, 0.15) is 42.6 Å². The molecule has 0 radical (unpaired) electrons. The summed E-state index contributed by atoms with van der Waals surface area (Å²) in [7, 11) is 0. The third-order valence-electron chi connectivity index (χ3n) is 8.03. The number of nitrogens with zero attached hydrogens (tertiary/aromatic N) is 4. The van der Waals surface area contributed by atoms with Gasteiger partial charge < -0.3 is 29.4 Å². The summed E-state index contributed by atoms with van der Waals surface area (Å²) < 4.78 is 55.3. The summed E-state index contributed by atoms with van der Waals surface area (Å²) in [4.78, 5) is 32.7. The summed E-state index contributed by atoms with van der Waals surface area (Å²) in [5, 5.41) is 12.7. The average molecular weight is 580 g/mol. The van der Waals surface area contributed by atoms with Crippen molar-refractivity contribution in [2.24, 2.45) is 5.92 Å². The van der Waals surface area contributed by atoms with E-state index in [1.165, 1.54) is 0 Å². The van der Waals surface area contributed by atoms with Gasteiger partial charge in [-0.2, -0.15) is 13.2 Å². The van der Waals surface area contributed by atoms with Gasteiger partial charge in [-0.3, -0.25) is 14.5 Å². The number of rotatable bonds is 9. The number of carbonyl (C=O) groups excluding carboxylic acids is 1. The Balaban J connectivity index is 1.45. The minimum Gasteiger partial charge on any atom is -0.493 e. The Kier molecular flexibility index (Phi) is 8.74. The largest absolute Gasteiger partial charge is 0.493 e. The predicted octanol–water partition coefficient (Wildman–Crippen LogP) is 3.12. The number of aromatic nitrogens is 2. The van der Waals surface area contributed by atoms with Gasteiger partial charge in [0.05, 0.1) is 43.9 Å². The van der Waals surface area contributed by atoms with Crippen LogP contribution in [0, 0.1) is 5.92 Å². The molecular weight excluding hydrogens is 543 g/mol. The SMILES string of the molecule is CC(C1c2cc(OCCc3cn4c(n3)NCCC4)ccc2C[C@@H](CC(=O)O)C(=O)N1CC(F)(F)F)N1CCOCC1. The summed E-state index contributed by atoms with van der Waals surface area (Å²) in [6.07, 6.45) is -1.61. The van der Waals surface area contributed by atoms with Crippen LogP contribution in [0.3, 0.4) is 0 Å². The monoisotopic (exact) mass is 579 g/mol. The van der Waals surface area contributed by atoms with E-state index < -0.39 is 49.0 Å². The number of anilines is 1. The maximum absolute atomic E-state index is 13.9. The van der Waals surface area contributed by atoms with Gasteiger partial charge in [-0.25, -0.2) is 4.98 Å². The molecule has 3 aliphatic heterocycles. The fraction of sp³-hybridized carbons (Fsp3) is 0.607. The van der Waals surface area contributed by atoms with E-state index in [0.717, 1.165) is 36.1 Å². The number of halogens is 3. The maximum atomic E-state index is 13.9. The summed E-state index contributed by atoms with van der Waals surface area (Å²) in [5.74, 6) is -1.83. The van der Waals surface area contributed by atoms with Crippen molar-refractivity contribution in [3.8, 4) is 5.75 Å². The first-order valence-corrected chi connectivity index (χ1v) is 14.1. The van der Waals surface area contributed by atoms with Crippen LogP contribution in [0.25, 0.3) is 0 Å². The quantitative estimate of drug-likeness (QED) is 0.467. The molecule has 0 spiro atoms. The summed E-state index contributed by atoms with van der Waals surface area (Å²) in [5.41, 5.74) is 2.08. The molecule has 4 heterocycles. The average Bonchev–Trinajstić information content (AvgIpc) is 3.31. The molecule has 2 N–H and O–H groups in total. The number of hydrogen-bond donors (Lipinski definition) is 2. The Labute approximate surface area is 236 Å². The Bertz CT molecular complexity index is 1220. The van der Waals surface area contributed by atoms with Gasteiger partial charge in [0, 0.05) is 44.8 Å². The first-order chi connectivity index (χ1) is 19.6. The summed E-state index contributed by atoms with van der Waals surface area (Å²) >= 11 is 0. The molecule has 1 saturated heterocycles. The molecule has 10 nitrogen and oxygen atoms in total. The van der Waals surface area contributed by atoms with Crippen LogP contribution < -0.4 is 10.1 Å². The Hall–Kier alpha value is -3.32. The molecule has 1 aromatic heterocycles. The van der Waals surface area contributed by atoms with Crippen molar-refractivity contribution in [3.05, 3.63) is 41.2 Å². The molecule has 2 aromatic rings. The number of morpholine rings is 1. The van der Waals surface area contributed by atoms with Crippen molar-refractivity contribution in [1.82, 2.24) is 19.4 Å². The summed E-state index contributed by atoms with van der Waals surface area (Å²) in [6, 6.07) is 3.77. The lowest BCUT2D eigenvalue weighted by Crippen LogP contribution is -2.52. The van der Waals surface area contributed by atoms with Crippen LogP contribution in [0.15, 0.2) is 24.4 Å². The second-order valence-electron chi connectivity index (χ2n) is 10.9. The normalized spacial score (nSPS) is 22.3. The minimum absolute atomic E-state index is 0.0364. The molecule has 5 rings (SSSR count). The smallest absolute Gasteiger partial charge is 0.406 e. The standard InChI is InChI=1S/C28H36F3N5O5/c1-18(34-8-11-40-12-9-34)25-23-15-22(41-10-5-21-16-35-7-2-6-32-27(35)33-21)4-3-19(23)13-20(14-24(37)38)26(39)36(25)17-28(29,30)31/h3-4,15-16,18,20,25H,2,5-14,17H2,1H3,(H,32,33)(H,37,38)/t18?,20-,25?/m0/s1. The van der Waals surface area contributed by atoms with Crippen molar-refractivity contribution in [3.63, 3.8) is 0 Å². The maximum Gasteiger partial charge on any atom is 0.406 e. The number of fused-ring (bicyclic) bond motifs is 2. The molecule has 1 fully saturated rings. The van der Waals surface area contributed by atoms with E-state index in [0.29, 0.717) is 56.2 Å². The van der Waals surface area contributed by atoms with Gasteiger partial charge >= 0.3 is 12.1 Å². The molecule has 2 unspecified atom stereocenters. The van der Waals surface area contributed by atoms with Crippen molar-refractivity contribution < 1.29 is 37.3 Å². The third-order valence-corrected chi connectivity index (χ3v) is 8.03. The zero-order valence-corrected chi connectivity index (χ0v) is 23.0. The first kappa shape index (κ1) is 29.2. The van der Waals surface area contributed by atoms with E-state index in [9.17, 15) is 27.9 Å². The highest BCUT2D eigenvalue weighted by molar-refractivity contribution is 5.85. The van der Waals surface area contributed by atoms with Crippen LogP contribution >= 0.6 is 0 Å². The van der Waals surface area contributed by atoms with Crippen LogP contribution in [-0.4, -0.2) is 94.6 Å². The number of amides is 1. The number of aliphatic carboxylic acids is 1. The van der Waals surface area contributed by atoms with E-state index in [1.54, 1.807) is 18.2 Å². The molecule has 0 saturated carbocycles.